The Hall–Kier alpha value is -1.51. The molecule has 0 unspecified atom stereocenters. The van der Waals surface area contributed by atoms with Crippen molar-refractivity contribution in [2.75, 3.05) is 4.90 Å². The lowest BCUT2D eigenvalue weighted by Gasteiger charge is -2.50. The van der Waals surface area contributed by atoms with Gasteiger partial charge in [0.25, 0.3) is 0 Å². The van der Waals surface area contributed by atoms with Crippen LogP contribution < -0.4 is 4.90 Å². The zero-order chi connectivity index (χ0) is 14.9. The minimum Gasteiger partial charge on any atom is -0.480 e. The van der Waals surface area contributed by atoms with Gasteiger partial charge < -0.3 is 10.0 Å². The number of benzene rings is 1. The standard InChI is InChI=1S/C17H25NO2/c1-5-8-15(16(19)20)18-14-10-7-6-9-13(14)12(2)11-17(18,3)4/h6-7,9-10,12,15H,5,8,11H2,1-4H3,(H,19,20)/t12-,15-/m1/s1. The number of carboxylic acids is 1. The molecule has 0 radical (unpaired) electrons. The van der Waals surface area contributed by atoms with Crippen LogP contribution in [0.15, 0.2) is 24.3 Å². The van der Waals surface area contributed by atoms with Gasteiger partial charge in [-0.25, -0.2) is 4.79 Å². The van der Waals surface area contributed by atoms with Crippen molar-refractivity contribution in [3.05, 3.63) is 29.8 Å². The van der Waals surface area contributed by atoms with E-state index in [0.29, 0.717) is 12.3 Å². The van der Waals surface area contributed by atoms with Gasteiger partial charge >= 0.3 is 5.97 Å². The molecule has 0 amide bonds. The normalized spacial score (nSPS) is 22.2. The van der Waals surface area contributed by atoms with Crippen molar-refractivity contribution in [3.8, 4) is 0 Å². The highest BCUT2D eigenvalue weighted by Gasteiger charge is 2.41. The fourth-order valence-corrected chi connectivity index (χ4v) is 3.63. The Labute approximate surface area is 121 Å². The Kier molecular flexibility index (Phi) is 4.07. The summed E-state index contributed by atoms with van der Waals surface area (Å²) in [6.45, 7) is 8.59. The number of nitrogens with zero attached hydrogens (tertiary/aromatic N) is 1. The van der Waals surface area contributed by atoms with Crippen LogP contribution in [0.2, 0.25) is 0 Å². The second-order valence-corrected chi connectivity index (χ2v) is 6.49. The quantitative estimate of drug-likeness (QED) is 0.901. The molecule has 20 heavy (non-hydrogen) atoms. The maximum absolute atomic E-state index is 11.7. The summed E-state index contributed by atoms with van der Waals surface area (Å²) in [6.07, 6.45) is 2.54. The lowest BCUT2D eigenvalue weighted by Crippen LogP contribution is -2.56. The summed E-state index contributed by atoms with van der Waals surface area (Å²) >= 11 is 0. The van der Waals surface area contributed by atoms with Crippen LogP contribution in [0.1, 0.15) is 58.4 Å². The van der Waals surface area contributed by atoms with Crippen molar-refractivity contribution >= 4 is 11.7 Å². The second kappa shape index (κ2) is 5.47. The van der Waals surface area contributed by atoms with Gasteiger partial charge in [-0.2, -0.15) is 0 Å². The molecule has 0 aromatic heterocycles. The number of carbonyl (C=O) groups is 1. The van der Waals surface area contributed by atoms with E-state index >= 15 is 0 Å². The third-order valence-corrected chi connectivity index (χ3v) is 4.34. The Morgan fingerprint density at radius 3 is 2.70 bits per heavy atom. The van der Waals surface area contributed by atoms with Gasteiger partial charge in [0.05, 0.1) is 0 Å². The molecule has 2 atom stereocenters. The molecule has 0 bridgehead atoms. The first-order valence-electron chi connectivity index (χ1n) is 7.49. The smallest absolute Gasteiger partial charge is 0.326 e. The molecule has 0 saturated heterocycles. The van der Waals surface area contributed by atoms with Crippen LogP contribution in [0, 0.1) is 0 Å². The molecule has 1 aromatic rings. The van der Waals surface area contributed by atoms with Gasteiger partial charge in [-0.3, -0.25) is 0 Å². The number of aliphatic carboxylic acids is 1. The number of para-hydroxylation sites is 1. The van der Waals surface area contributed by atoms with Crippen molar-refractivity contribution < 1.29 is 9.90 Å². The minimum absolute atomic E-state index is 0.133. The van der Waals surface area contributed by atoms with Gasteiger partial charge in [0.2, 0.25) is 0 Å². The zero-order valence-electron chi connectivity index (χ0n) is 12.9. The molecule has 0 aliphatic carbocycles. The van der Waals surface area contributed by atoms with Crippen molar-refractivity contribution in [3.63, 3.8) is 0 Å². The van der Waals surface area contributed by atoms with Crippen LogP contribution in [0.25, 0.3) is 0 Å². The molecule has 2 rings (SSSR count). The van der Waals surface area contributed by atoms with E-state index in [0.717, 1.165) is 18.5 Å². The van der Waals surface area contributed by atoms with Crippen LogP contribution in [-0.4, -0.2) is 22.7 Å². The average molecular weight is 275 g/mol. The van der Waals surface area contributed by atoms with E-state index in [4.69, 9.17) is 0 Å². The number of anilines is 1. The molecule has 1 N–H and O–H groups in total. The number of rotatable bonds is 4. The highest BCUT2D eigenvalue weighted by atomic mass is 16.4. The highest BCUT2D eigenvalue weighted by molar-refractivity contribution is 5.80. The lowest BCUT2D eigenvalue weighted by atomic mass is 9.79. The fraction of sp³-hybridized carbons (Fsp3) is 0.588. The molecular weight excluding hydrogens is 250 g/mol. The van der Waals surface area contributed by atoms with E-state index in [1.807, 2.05) is 19.1 Å². The van der Waals surface area contributed by atoms with Gasteiger partial charge in [-0.05, 0) is 44.2 Å². The minimum atomic E-state index is -0.718. The van der Waals surface area contributed by atoms with E-state index < -0.39 is 12.0 Å². The molecule has 110 valence electrons. The first-order chi connectivity index (χ1) is 9.38. The summed E-state index contributed by atoms with van der Waals surface area (Å²) in [5.41, 5.74) is 2.23. The lowest BCUT2D eigenvalue weighted by molar-refractivity contribution is -0.139. The largest absolute Gasteiger partial charge is 0.480 e. The Morgan fingerprint density at radius 1 is 1.45 bits per heavy atom. The van der Waals surface area contributed by atoms with E-state index in [-0.39, 0.29) is 5.54 Å². The Morgan fingerprint density at radius 2 is 2.10 bits per heavy atom. The fourth-order valence-electron chi connectivity index (χ4n) is 3.63. The summed E-state index contributed by atoms with van der Waals surface area (Å²) in [4.78, 5) is 13.9. The van der Waals surface area contributed by atoms with Crippen LogP contribution >= 0.6 is 0 Å². The summed E-state index contributed by atoms with van der Waals surface area (Å²) in [5, 5.41) is 9.64. The molecule has 0 spiro atoms. The topological polar surface area (TPSA) is 40.5 Å². The first kappa shape index (κ1) is 14.9. The number of fused-ring (bicyclic) bond motifs is 1. The van der Waals surface area contributed by atoms with Gasteiger partial charge in [0.15, 0.2) is 0 Å². The van der Waals surface area contributed by atoms with E-state index in [1.54, 1.807) is 0 Å². The molecule has 1 aliphatic rings. The second-order valence-electron chi connectivity index (χ2n) is 6.49. The number of hydrogen-bond donors (Lipinski definition) is 1. The predicted molar refractivity (Wildman–Crippen MR) is 82.4 cm³/mol. The van der Waals surface area contributed by atoms with Crippen LogP contribution in [0.4, 0.5) is 5.69 Å². The van der Waals surface area contributed by atoms with Crippen molar-refractivity contribution in [1.29, 1.82) is 0 Å². The third kappa shape index (κ3) is 2.54. The van der Waals surface area contributed by atoms with Gasteiger partial charge in [-0.15, -0.1) is 0 Å². The summed E-state index contributed by atoms with van der Waals surface area (Å²) < 4.78 is 0. The van der Waals surface area contributed by atoms with E-state index in [2.05, 4.69) is 37.8 Å². The van der Waals surface area contributed by atoms with Crippen molar-refractivity contribution in [2.24, 2.45) is 0 Å². The molecule has 3 heteroatoms. The summed E-state index contributed by atoms with van der Waals surface area (Å²) in [5.74, 6) is -0.252. The summed E-state index contributed by atoms with van der Waals surface area (Å²) in [6, 6.07) is 7.81. The number of carboxylic acid groups (broad SMARTS) is 1. The van der Waals surface area contributed by atoms with Gasteiger partial charge in [-0.1, -0.05) is 38.5 Å². The third-order valence-electron chi connectivity index (χ3n) is 4.34. The molecule has 1 aromatic carbocycles. The molecule has 0 saturated carbocycles. The van der Waals surface area contributed by atoms with Gasteiger partial charge in [0.1, 0.15) is 6.04 Å². The van der Waals surface area contributed by atoms with Crippen LogP contribution in [0.3, 0.4) is 0 Å². The molecular formula is C17H25NO2. The summed E-state index contributed by atoms with van der Waals surface area (Å²) in [7, 11) is 0. The maximum Gasteiger partial charge on any atom is 0.326 e. The zero-order valence-corrected chi connectivity index (χ0v) is 12.9. The molecule has 3 nitrogen and oxygen atoms in total. The Bertz CT molecular complexity index is 496. The SMILES string of the molecule is CCC[C@H](C(=O)O)N1c2ccccc2[C@H](C)CC1(C)C. The van der Waals surface area contributed by atoms with Crippen LogP contribution in [-0.2, 0) is 4.79 Å². The number of hydrogen-bond acceptors (Lipinski definition) is 2. The Balaban J connectivity index is 2.53. The van der Waals surface area contributed by atoms with Crippen molar-refractivity contribution in [2.45, 2.75) is 64.5 Å². The van der Waals surface area contributed by atoms with Crippen molar-refractivity contribution in [1.82, 2.24) is 0 Å². The molecule has 1 heterocycles. The molecule has 1 aliphatic heterocycles. The maximum atomic E-state index is 11.7. The van der Waals surface area contributed by atoms with E-state index in [9.17, 15) is 9.90 Å². The van der Waals surface area contributed by atoms with Gasteiger partial charge in [0, 0.05) is 11.2 Å². The van der Waals surface area contributed by atoms with E-state index in [1.165, 1.54) is 5.56 Å². The predicted octanol–water partition coefficient (Wildman–Crippen LogP) is 4.03. The monoisotopic (exact) mass is 275 g/mol. The first-order valence-corrected chi connectivity index (χ1v) is 7.49. The highest BCUT2D eigenvalue weighted by Crippen LogP contribution is 2.44. The molecule has 0 fully saturated rings. The average Bonchev–Trinajstić information content (AvgIpc) is 2.36. The van der Waals surface area contributed by atoms with Crippen LogP contribution in [0.5, 0.6) is 0 Å².